The van der Waals surface area contributed by atoms with Crippen molar-refractivity contribution < 1.29 is 14.3 Å². The van der Waals surface area contributed by atoms with E-state index >= 15 is 0 Å². The number of anilines is 2. The van der Waals surface area contributed by atoms with Gasteiger partial charge >= 0.3 is 5.97 Å². The molecule has 0 radical (unpaired) electrons. The number of esters is 1. The Morgan fingerprint density at radius 1 is 1.35 bits per heavy atom. The molecular weight excluding hydrogens is 460 g/mol. The summed E-state index contributed by atoms with van der Waals surface area (Å²) in [5.74, 6) is -0.171. The number of aryl methyl sites for hydroxylation is 1. The summed E-state index contributed by atoms with van der Waals surface area (Å²) in [6.07, 6.45) is 0. The predicted octanol–water partition coefficient (Wildman–Crippen LogP) is 3.95. The minimum absolute atomic E-state index is 0.117. The second-order valence-electron chi connectivity index (χ2n) is 6.41. The highest BCUT2D eigenvalue weighted by molar-refractivity contribution is 7.98. The number of nitrogen functional groups attached to an aromatic ring is 1. The van der Waals surface area contributed by atoms with Crippen molar-refractivity contribution in [1.29, 1.82) is 0 Å². The first-order valence-electron chi connectivity index (χ1n) is 9.33. The van der Waals surface area contributed by atoms with E-state index in [1.54, 1.807) is 25.3 Å². The average Bonchev–Trinajstić information content (AvgIpc) is 3.29. The zero-order valence-electron chi connectivity index (χ0n) is 17.1. The molecule has 12 heteroatoms. The number of nitrogens with one attached hydrogen (secondary N) is 1. The summed E-state index contributed by atoms with van der Waals surface area (Å²) in [7, 11) is 0. The van der Waals surface area contributed by atoms with Gasteiger partial charge in [0.1, 0.15) is 10.9 Å². The molecule has 0 aliphatic heterocycles. The molecule has 0 spiro atoms. The van der Waals surface area contributed by atoms with Gasteiger partial charge in [0, 0.05) is 10.8 Å². The van der Waals surface area contributed by atoms with Crippen LogP contribution in [0.3, 0.4) is 0 Å². The number of nitrogens with zero attached hydrogens (tertiary/aromatic N) is 4. The zero-order valence-corrected chi connectivity index (χ0v) is 19.5. The van der Waals surface area contributed by atoms with Crippen molar-refractivity contribution in [3.05, 3.63) is 45.4 Å². The Balaban J connectivity index is 1.73. The van der Waals surface area contributed by atoms with E-state index in [2.05, 4.69) is 20.5 Å². The fourth-order valence-electron chi connectivity index (χ4n) is 2.67. The van der Waals surface area contributed by atoms with E-state index in [0.717, 1.165) is 16.9 Å². The van der Waals surface area contributed by atoms with Crippen LogP contribution in [-0.4, -0.2) is 38.2 Å². The maximum Gasteiger partial charge on any atom is 0.350 e. The minimum Gasteiger partial charge on any atom is -0.462 e. The zero-order chi connectivity index (χ0) is 22.5. The van der Waals surface area contributed by atoms with Crippen LogP contribution in [0.2, 0.25) is 5.02 Å². The third-order valence-electron chi connectivity index (χ3n) is 4.26. The van der Waals surface area contributed by atoms with Gasteiger partial charge in [0.2, 0.25) is 11.9 Å². The normalized spacial score (nSPS) is 11.9. The van der Waals surface area contributed by atoms with Crippen LogP contribution in [0.1, 0.15) is 40.8 Å². The fourth-order valence-corrected chi connectivity index (χ4v) is 4.84. The number of aromatic nitrogens is 4. The Kier molecular flexibility index (Phi) is 7.52. The molecule has 164 valence electrons. The van der Waals surface area contributed by atoms with Crippen molar-refractivity contribution in [2.75, 3.05) is 17.7 Å². The third kappa shape index (κ3) is 5.35. The Morgan fingerprint density at radius 2 is 2.10 bits per heavy atom. The van der Waals surface area contributed by atoms with Crippen LogP contribution in [0, 0.1) is 6.92 Å². The molecule has 3 aromatic rings. The quantitative estimate of drug-likeness (QED) is 0.366. The highest BCUT2D eigenvalue weighted by atomic mass is 35.5. The van der Waals surface area contributed by atoms with Crippen molar-refractivity contribution in [3.8, 4) is 0 Å². The monoisotopic (exact) mass is 480 g/mol. The lowest BCUT2D eigenvalue weighted by Gasteiger charge is -2.15. The van der Waals surface area contributed by atoms with Crippen LogP contribution in [0.5, 0.6) is 0 Å². The number of carbonyl (C=O) groups excluding carboxylic acids is 2. The van der Waals surface area contributed by atoms with Crippen LogP contribution in [0.4, 0.5) is 11.1 Å². The van der Waals surface area contributed by atoms with Crippen LogP contribution < -0.4 is 11.1 Å². The number of hydrogen-bond donors (Lipinski definition) is 2. The van der Waals surface area contributed by atoms with E-state index in [1.807, 2.05) is 24.3 Å². The van der Waals surface area contributed by atoms with Crippen LogP contribution in [0.25, 0.3) is 0 Å². The van der Waals surface area contributed by atoms with Gasteiger partial charge in [-0.25, -0.2) is 9.78 Å². The SMILES string of the molecule is CCOC(=O)c1sc(NC(=O)C(C)n2c(N)nnc2SCc2ccccc2Cl)nc1C. The Hall–Kier alpha value is -2.63. The van der Waals surface area contributed by atoms with E-state index in [4.69, 9.17) is 22.1 Å². The third-order valence-corrected chi connectivity index (χ3v) is 6.67. The molecule has 0 saturated carbocycles. The molecule has 31 heavy (non-hydrogen) atoms. The highest BCUT2D eigenvalue weighted by Gasteiger charge is 2.24. The second kappa shape index (κ2) is 10.1. The molecule has 2 heterocycles. The highest BCUT2D eigenvalue weighted by Crippen LogP contribution is 2.30. The number of thioether (sulfide) groups is 1. The van der Waals surface area contributed by atoms with Crippen molar-refractivity contribution in [2.45, 2.75) is 37.7 Å². The molecule has 3 N–H and O–H groups in total. The number of ether oxygens (including phenoxy) is 1. The largest absolute Gasteiger partial charge is 0.462 e. The van der Waals surface area contributed by atoms with Gasteiger partial charge in [-0.15, -0.1) is 10.2 Å². The van der Waals surface area contributed by atoms with Crippen molar-refractivity contribution >= 4 is 57.7 Å². The Morgan fingerprint density at radius 3 is 2.81 bits per heavy atom. The molecule has 0 aliphatic carbocycles. The van der Waals surface area contributed by atoms with Gasteiger partial charge in [-0.05, 0) is 32.4 Å². The van der Waals surface area contributed by atoms with E-state index in [1.165, 1.54) is 11.8 Å². The number of rotatable bonds is 8. The first-order chi connectivity index (χ1) is 14.8. The molecule has 1 amide bonds. The topological polar surface area (TPSA) is 125 Å². The predicted molar refractivity (Wildman–Crippen MR) is 122 cm³/mol. The van der Waals surface area contributed by atoms with E-state index in [0.29, 0.717) is 31.6 Å². The molecule has 0 aliphatic rings. The molecular formula is C19H21ClN6O3S2. The molecule has 1 atom stereocenters. The van der Waals surface area contributed by atoms with Gasteiger partial charge in [0.25, 0.3) is 0 Å². The van der Waals surface area contributed by atoms with Gasteiger partial charge < -0.3 is 15.8 Å². The Bertz CT molecular complexity index is 1100. The number of thiazole rings is 1. The van der Waals surface area contributed by atoms with Gasteiger partial charge in [0.05, 0.1) is 12.3 Å². The number of nitrogens with two attached hydrogens (primary N) is 1. The molecule has 0 fully saturated rings. The van der Waals surface area contributed by atoms with Crippen molar-refractivity contribution in [3.63, 3.8) is 0 Å². The molecule has 9 nitrogen and oxygen atoms in total. The lowest BCUT2D eigenvalue weighted by atomic mass is 10.2. The minimum atomic E-state index is -0.709. The van der Waals surface area contributed by atoms with E-state index in [9.17, 15) is 9.59 Å². The summed E-state index contributed by atoms with van der Waals surface area (Å²) in [4.78, 5) is 29.4. The summed E-state index contributed by atoms with van der Waals surface area (Å²) in [5, 5.41) is 12.2. The fraction of sp³-hybridized carbons (Fsp3) is 0.316. The molecule has 0 bridgehead atoms. The molecule has 0 saturated heterocycles. The van der Waals surface area contributed by atoms with Gasteiger partial charge in [-0.3, -0.25) is 9.36 Å². The first kappa shape index (κ1) is 23.0. The average molecular weight is 481 g/mol. The maximum atomic E-state index is 12.8. The summed E-state index contributed by atoms with van der Waals surface area (Å²) in [6, 6.07) is 6.78. The number of halogens is 1. The standard InChI is InChI=1S/C19H21ClN6O3S2/c1-4-29-16(28)14-10(2)22-18(31-14)23-15(27)11(3)26-17(21)24-25-19(26)30-9-12-7-5-6-8-13(12)20/h5-8,11H,4,9H2,1-3H3,(H2,21,24)(H,22,23,27). The van der Waals surface area contributed by atoms with Crippen LogP contribution in [-0.2, 0) is 15.3 Å². The summed E-state index contributed by atoms with van der Waals surface area (Å²) in [5.41, 5.74) is 7.40. The maximum absolute atomic E-state index is 12.8. The second-order valence-corrected chi connectivity index (χ2v) is 8.76. The van der Waals surface area contributed by atoms with Crippen molar-refractivity contribution in [2.24, 2.45) is 0 Å². The van der Waals surface area contributed by atoms with Gasteiger partial charge in [0.15, 0.2) is 10.3 Å². The van der Waals surface area contributed by atoms with Gasteiger partial charge in [-0.2, -0.15) is 0 Å². The lowest BCUT2D eigenvalue weighted by molar-refractivity contribution is -0.118. The number of amides is 1. The number of carbonyl (C=O) groups is 2. The van der Waals surface area contributed by atoms with Crippen molar-refractivity contribution in [1.82, 2.24) is 19.7 Å². The summed E-state index contributed by atoms with van der Waals surface area (Å²) < 4.78 is 6.55. The van der Waals surface area contributed by atoms with Crippen LogP contribution >= 0.6 is 34.7 Å². The molecule has 3 rings (SSSR count). The molecule has 2 aromatic heterocycles. The summed E-state index contributed by atoms with van der Waals surface area (Å²) in [6.45, 7) is 5.35. The molecule has 1 unspecified atom stereocenters. The van der Waals surface area contributed by atoms with Gasteiger partial charge in [-0.1, -0.05) is 52.9 Å². The Labute approximate surface area is 192 Å². The smallest absolute Gasteiger partial charge is 0.350 e. The first-order valence-corrected chi connectivity index (χ1v) is 11.5. The molecule has 1 aromatic carbocycles. The number of benzene rings is 1. The lowest BCUT2D eigenvalue weighted by Crippen LogP contribution is -2.25. The summed E-state index contributed by atoms with van der Waals surface area (Å²) >= 11 is 8.64. The van der Waals surface area contributed by atoms with Crippen LogP contribution in [0.15, 0.2) is 29.4 Å². The van der Waals surface area contributed by atoms with E-state index in [-0.39, 0.29) is 18.5 Å². The van der Waals surface area contributed by atoms with E-state index < -0.39 is 12.0 Å². The number of hydrogen-bond acceptors (Lipinski definition) is 9.